The molecule has 4 atom stereocenters. The Labute approximate surface area is 196 Å². The number of carbonyl (C=O) groups is 6. The fraction of sp³-hybridized carbons (Fsp3) is 0.684. The Balaban J connectivity index is 5.29. The van der Waals surface area contributed by atoms with Crippen LogP contribution in [0.25, 0.3) is 0 Å². The summed E-state index contributed by atoms with van der Waals surface area (Å²) in [5.41, 5.74) is 10.7. The average molecular weight is 492 g/mol. The van der Waals surface area contributed by atoms with Crippen LogP contribution in [0.4, 0.5) is 0 Å². The van der Waals surface area contributed by atoms with Gasteiger partial charge in [-0.15, -0.1) is 0 Å². The minimum Gasteiger partial charge on any atom is -0.481 e. The van der Waals surface area contributed by atoms with E-state index in [1.54, 1.807) is 13.8 Å². The number of rotatable bonds is 16. The number of carboxylic acid groups (broad SMARTS) is 2. The van der Waals surface area contributed by atoms with Gasteiger partial charge in [0.2, 0.25) is 23.6 Å². The van der Waals surface area contributed by atoms with E-state index in [1.165, 1.54) is 0 Å². The van der Waals surface area contributed by atoms with Gasteiger partial charge in [-0.25, -0.2) is 4.79 Å². The van der Waals surface area contributed by atoms with E-state index in [4.69, 9.17) is 16.6 Å². The summed E-state index contributed by atoms with van der Waals surface area (Å²) in [6.45, 7) is 3.56. The van der Waals surface area contributed by atoms with Crippen LogP contribution in [-0.4, -0.2) is 75.7 Å². The van der Waals surface area contributed by atoms with Crippen LogP contribution in [-0.2, 0) is 28.8 Å². The van der Waals surface area contributed by atoms with Gasteiger partial charge < -0.3 is 37.6 Å². The van der Waals surface area contributed by atoms with Gasteiger partial charge in [-0.1, -0.05) is 13.8 Å². The van der Waals surface area contributed by atoms with Gasteiger partial charge in [-0.2, -0.15) is 12.6 Å². The zero-order valence-corrected chi connectivity index (χ0v) is 19.5. The number of amides is 4. The van der Waals surface area contributed by atoms with Crippen LogP contribution in [0.5, 0.6) is 0 Å². The summed E-state index contributed by atoms with van der Waals surface area (Å²) >= 11 is 4.01. The molecule has 0 saturated carbocycles. The normalized spacial score (nSPS) is 14.5. The number of thiol groups is 1. The molecule has 0 heterocycles. The Bertz CT molecular complexity index is 733. The van der Waals surface area contributed by atoms with Crippen LogP contribution < -0.4 is 27.4 Å². The van der Waals surface area contributed by atoms with E-state index < -0.39 is 66.2 Å². The molecule has 0 saturated heterocycles. The molecule has 9 N–H and O–H groups in total. The number of hydrogen-bond donors (Lipinski definition) is 8. The maximum atomic E-state index is 12.7. The maximum Gasteiger partial charge on any atom is 0.326 e. The predicted molar refractivity (Wildman–Crippen MR) is 120 cm³/mol. The van der Waals surface area contributed by atoms with Gasteiger partial charge in [0.15, 0.2) is 0 Å². The van der Waals surface area contributed by atoms with Crippen LogP contribution in [0.1, 0.15) is 46.0 Å². The van der Waals surface area contributed by atoms with Crippen molar-refractivity contribution in [3.63, 3.8) is 0 Å². The van der Waals surface area contributed by atoms with Crippen LogP contribution in [0.15, 0.2) is 0 Å². The summed E-state index contributed by atoms with van der Waals surface area (Å²) in [7, 11) is 0. The number of primary amides is 1. The van der Waals surface area contributed by atoms with Crippen molar-refractivity contribution in [1.82, 2.24) is 16.0 Å². The molecule has 0 aliphatic rings. The summed E-state index contributed by atoms with van der Waals surface area (Å²) in [5.74, 6) is -5.83. The SMILES string of the molecule is CC(C)CC(NC(=O)C(CS)NC(=O)C(CCC(=O)O)NC(=O)C(N)CCC(N)=O)C(=O)O. The van der Waals surface area contributed by atoms with Gasteiger partial charge >= 0.3 is 11.9 Å². The van der Waals surface area contributed by atoms with Gasteiger partial charge in [0.25, 0.3) is 0 Å². The third kappa shape index (κ3) is 12.7. The first kappa shape index (κ1) is 30.1. The van der Waals surface area contributed by atoms with Crippen molar-refractivity contribution < 1.29 is 39.0 Å². The van der Waals surface area contributed by atoms with Gasteiger partial charge in [-0.05, 0) is 25.2 Å². The molecule has 13 nitrogen and oxygen atoms in total. The average Bonchev–Trinajstić information content (AvgIpc) is 2.71. The molecule has 33 heavy (non-hydrogen) atoms. The van der Waals surface area contributed by atoms with Crippen molar-refractivity contribution >= 4 is 48.2 Å². The van der Waals surface area contributed by atoms with Crippen molar-refractivity contribution in [3.8, 4) is 0 Å². The Morgan fingerprint density at radius 1 is 0.818 bits per heavy atom. The monoisotopic (exact) mass is 491 g/mol. The lowest BCUT2D eigenvalue weighted by Crippen LogP contribution is -2.57. The summed E-state index contributed by atoms with van der Waals surface area (Å²) < 4.78 is 0. The second kappa shape index (κ2) is 15.1. The highest BCUT2D eigenvalue weighted by atomic mass is 32.1. The van der Waals surface area contributed by atoms with E-state index in [-0.39, 0.29) is 37.4 Å². The standard InChI is InChI=1S/C19H33N5O8S/c1-9(2)7-12(19(31)32)23-18(30)13(8-33)24-17(29)11(4-6-15(26)27)22-16(28)10(20)3-5-14(21)25/h9-13,33H,3-8,20H2,1-2H3,(H2,21,25)(H,22,28)(H,23,30)(H,24,29)(H,26,27)(H,31,32). The molecule has 4 unspecified atom stereocenters. The third-order valence-corrected chi connectivity index (χ3v) is 4.82. The quantitative estimate of drug-likeness (QED) is 0.111. The van der Waals surface area contributed by atoms with E-state index in [0.717, 1.165) is 0 Å². The lowest BCUT2D eigenvalue weighted by atomic mass is 10.0. The second-order valence-corrected chi connectivity index (χ2v) is 8.24. The molecule has 0 spiro atoms. The molecule has 188 valence electrons. The number of carbonyl (C=O) groups excluding carboxylic acids is 4. The summed E-state index contributed by atoms with van der Waals surface area (Å²) in [6.07, 6.45) is -0.857. The molecule has 0 aromatic rings. The predicted octanol–water partition coefficient (Wildman–Crippen LogP) is -2.04. The van der Waals surface area contributed by atoms with Crippen molar-refractivity contribution in [1.29, 1.82) is 0 Å². The molecular weight excluding hydrogens is 458 g/mol. The topological polar surface area (TPSA) is 231 Å². The van der Waals surface area contributed by atoms with E-state index in [9.17, 15) is 33.9 Å². The smallest absolute Gasteiger partial charge is 0.326 e. The lowest BCUT2D eigenvalue weighted by Gasteiger charge is -2.24. The van der Waals surface area contributed by atoms with Crippen molar-refractivity contribution in [2.24, 2.45) is 17.4 Å². The fourth-order valence-electron chi connectivity index (χ4n) is 2.68. The molecule has 4 amide bonds. The summed E-state index contributed by atoms with van der Waals surface area (Å²) in [4.78, 5) is 70.6. The zero-order valence-electron chi connectivity index (χ0n) is 18.6. The molecule has 0 aliphatic heterocycles. The Hall–Kier alpha value is -2.87. The molecular formula is C19H33N5O8S. The first-order valence-electron chi connectivity index (χ1n) is 10.3. The Morgan fingerprint density at radius 3 is 1.79 bits per heavy atom. The summed E-state index contributed by atoms with van der Waals surface area (Å²) in [5, 5.41) is 25.2. The van der Waals surface area contributed by atoms with E-state index >= 15 is 0 Å². The molecule has 0 aliphatic carbocycles. The minimum absolute atomic E-state index is 0.0233. The van der Waals surface area contributed by atoms with Crippen molar-refractivity contribution in [2.75, 3.05) is 5.75 Å². The molecule has 14 heteroatoms. The highest BCUT2D eigenvalue weighted by molar-refractivity contribution is 7.80. The third-order valence-electron chi connectivity index (χ3n) is 4.46. The van der Waals surface area contributed by atoms with E-state index in [0.29, 0.717) is 0 Å². The Morgan fingerprint density at radius 2 is 1.33 bits per heavy atom. The number of carboxylic acids is 2. The Kier molecular flexibility index (Phi) is 13.7. The van der Waals surface area contributed by atoms with E-state index in [2.05, 4.69) is 28.6 Å². The highest BCUT2D eigenvalue weighted by Crippen LogP contribution is 2.06. The molecule has 0 rings (SSSR count). The van der Waals surface area contributed by atoms with Gasteiger partial charge in [0.1, 0.15) is 18.1 Å². The van der Waals surface area contributed by atoms with Crippen LogP contribution in [0, 0.1) is 5.92 Å². The molecule has 0 aromatic carbocycles. The number of nitrogens with one attached hydrogen (secondary N) is 3. The number of aliphatic carboxylic acids is 2. The van der Waals surface area contributed by atoms with Crippen LogP contribution >= 0.6 is 12.6 Å². The van der Waals surface area contributed by atoms with Crippen LogP contribution in [0.2, 0.25) is 0 Å². The molecule has 0 aromatic heterocycles. The molecule has 0 fully saturated rings. The van der Waals surface area contributed by atoms with Crippen molar-refractivity contribution in [3.05, 3.63) is 0 Å². The van der Waals surface area contributed by atoms with E-state index in [1.807, 2.05) is 0 Å². The second-order valence-electron chi connectivity index (χ2n) is 7.88. The number of nitrogens with two attached hydrogens (primary N) is 2. The first-order chi connectivity index (χ1) is 15.3. The summed E-state index contributed by atoms with van der Waals surface area (Å²) in [6, 6.07) is -4.95. The lowest BCUT2D eigenvalue weighted by molar-refractivity contribution is -0.142. The largest absolute Gasteiger partial charge is 0.481 e. The van der Waals surface area contributed by atoms with Gasteiger partial charge in [0, 0.05) is 18.6 Å². The van der Waals surface area contributed by atoms with Crippen LogP contribution in [0.3, 0.4) is 0 Å². The number of hydrogen-bond acceptors (Lipinski definition) is 8. The van der Waals surface area contributed by atoms with Gasteiger partial charge in [0.05, 0.1) is 6.04 Å². The first-order valence-corrected chi connectivity index (χ1v) is 10.9. The fourth-order valence-corrected chi connectivity index (χ4v) is 2.93. The van der Waals surface area contributed by atoms with Gasteiger partial charge in [-0.3, -0.25) is 24.0 Å². The molecule has 0 radical (unpaired) electrons. The molecule has 0 bridgehead atoms. The minimum atomic E-state index is -1.35. The highest BCUT2D eigenvalue weighted by Gasteiger charge is 2.30. The van der Waals surface area contributed by atoms with Crippen molar-refractivity contribution in [2.45, 2.75) is 70.1 Å². The zero-order chi connectivity index (χ0) is 25.7. The maximum absolute atomic E-state index is 12.7.